The zero-order valence-corrected chi connectivity index (χ0v) is 14.8. The van der Waals surface area contributed by atoms with Gasteiger partial charge >= 0.3 is 0 Å². The summed E-state index contributed by atoms with van der Waals surface area (Å²) in [6.07, 6.45) is 7.97. The van der Waals surface area contributed by atoms with Crippen molar-refractivity contribution in [3.63, 3.8) is 0 Å². The second kappa shape index (κ2) is 8.29. The standard InChI is InChI=1S/C18H38O/c1-9-13-17(5,6)15(11-3)19-16(12-4)18(7,8)14-10-2/h15-16H,9-14H2,1-8H3. The SMILES string of the molecule is CCCC(C)(C)C(CC)OC(CC)C(C)(C)CCC. The van der Waals surface area contributed by atoms with Crippen molar-refractivity contribution in [3.8, 4) is 0 Å². The van der Waals surface area contributed by atoms with E-state index in [0.717, 1.165) is 12.8 Å². The Morgan fingerprint density at radius 1 is 0.684 bits per heavy atom. The molecule has 0 spiro atoms. The molecule has 0 heterocycles. The molecule has 19 heavy (non-hydrogen) atoms. The molecule has 0 aromatic rings. The summed E-state index contributed by atoms with van der Waals surface area (Å²) in [6, 6.07) is 0. The van der Waals surface area contributed by atoms with Gasteiger partial charge in [0.15, 0.2) is 0 Å². The fourth-order valence-corrected chi connectivity index (χ4v) is 3.47. The maximum atomic E-state index is 6.58. The maximum absolute atomic E-state index is 6.58. The van der Waals surface area contributed by atoms with Gasteiger partial charge in [-0.2, -0.15) is 0 Å². The number of ether oxygens (including phenoxy) is 1. The van der Waals surface area contributed by atoms with Crippen molar-refractivity contribution in [3.05, 3.63) is 0 Å². The molecular formula is C18H38O. The molecule has 2 unspecified atom stereocenters. The van der Waals surface area contributed by atoms with Gasteiger partial charge in [0, 0.05) is 0 Å². The first-order chi connectivity index (χ1) is 8.75. The first-order valence-electron chi connectivity index (χ1n) is 8.40. The van der Waals surface area contributed by atoms with Crippen molar-refractivity contribution in [2.45, 2.75) is 106 Å². The minimum atomic E-state index is 0.291. The van der Waals surface area contributed by atoms with Crippen LogP contribution in [0.1, 0.15) is 93.9 Å². The van der Waals surface area contributed by atoms with Gasteiger partial charge in [0.05, 0.1) is 12.2 Å². The lowest BCUT2D eigenvalue weighted by molar-refractivity contribution is -0.121. The summed E-state index contributed by atoms with van der Waals surface area (Å²) in [5.74, 6) is 0. The molecule has 0 saturated carbocycles. The van der Waals surface area contributed by atoms with Crippen molar-refractivity contribution >= 4 is 0 Å². The van der Waals surface area contributed by atoms with Gasteiger partial charge in [0.1, 0.15) is 0 Å². The van der Waals surface area contributed by atoms with E-state index in [2.05, 4.69) is 55.4 Å². The first-order valence-corrected chi connectivity index (χ1v) is 8.40. The maximum Gasteiger partial charge on any atom is 0.0627 e. The zero-order chi connectivity index (χ0) is 15.1. The van der Waals surface area contributed by atoms with E-state index in [1.165, 1.54) is 25.7 Å². The highest BCUT2D eigenvalue weighted by Gasteiger charge is 2.35. The summed E-state index contributed by atoms with van der Waals surface area (Å²) >= 11 is 0. The Morgan fingerprint density at radius 3 is 1.21 bits per heavy atom. The van der Waals surface area contributed by atoms with Crippen LogP contribution in [0.4, 0.5) is 0 Å². The van der Waals surface area contributed by atoms with Crippen molar-refractivity contribution in [1.29, 1.82) is 0 Å². The molecule has 0 fully saturated rings. The van der Waals surface area contributed by atoms with Gasteiger partial charge in [0.25, 0.3) is 0 Å². The fourth-order valence-electron chi connectivity index (χ4n) is 3.47. The Labute approximate surface area is 122 Å². The molecule has 0 aliphatic rings. The van der Waals surface area contributed by atoms with Crippen molar-refractivity contribution in [1.82, 2.24) is 0 Å². The van der Waals surface area contributed by atoms with Crippen LogP contribution in [0.15, 0.2) is 0 Å². The lowest BCUT2D eigenvalue weighted by Gasteiger charge is -2.41. The topological polar surface area (TPSA) is 9.23 Å². The average molecular weight is 271 g/mol. The molecule has 1 heteroatoms. The van der Waals surface area contributed by atoms with Crippen LogP contribution in [0.2, 0.25) is 0 Å². The second-order valence-corrected chi connectivity index (χ2v) is 7.41. The Morgan fingerprint density at radius 2 is 1.00 bits per heavy atom. The summed E-state index contributed by atoms with van der Waals surface area (Å²) in [4.78, 5) is 0. The largest absolute Gasteiger partial charge is 0.374 e. The number of hydrogen-bond acceptors (Lipinski definition) is 1. The highest BCUT2D eigenvalue weighted by Crippen LogP contribution is 2.37. The minimum Gasteiger partial charge on any atom is -0.374 e. The molecule has 1 nitrogen and oxygen atoms in total. The van der Waals surface area contributed by atoms with Gasteiger partial charge < -0.3 is 4.74 Å². The second-order valence-electron chi connectivity index (χ2n) is 7.41. The lowest BCUT2D eigenvalue weighted by Crippen LogP contribution is -2.40. The Bertz CT molecular complexity index is 206. The quantitative estimate of drug-likeness (QED) is 0.458. The van der Waals surface area contributed by atoms with Crippen LogP contribution in [0.3, 0.4) is 0 Å². The normalized spacial score (nSPS) is 16.4. The van der Waals surface area contributed by atoms with E-state index in [1.54, 1.807) is 0 Å². The smallest absolute Gasteiger partial charge is 0.0627 e. The molecule has 0 aromatic carbocycles. The first kappa shape index (κ1) is 19.0. The Balaban J connectivity index is 4.82. The van der Waals surface area contributed by atoms with E-state index in [9.17, 15) is 0 Å². The van der Waals surface area contributed by atoms with Crippen molar-refractivity contribution in [2.75, 3.05) is 0 Å². The van der Waals surface area contributed by atoms with Gasteiger partial charge in [-0.05, 0) is 36.5 Å². The molecule has 0 radical (unpaired) electrons. The molecule has 0 aromatic heterocycles. The third-order valence-corrected chi connectivity index (χ3v) is 4.60. The zero-order valence-electron chi connectivity index (χ0n) is 14.8. The fraction of sp³-hybridized carbons (Fsp3) is 1.00. The summed E-state index contributed by atoms with van der Waals surface area (Å²) in [5.41, 5.74) is 0.582. The van der Waals surface area contributed by atoms with E-state index in [4.69, 9.17) is 4.74 Å². The molecular weight excluding hydrogens is 232 g/mol. The van der Waals surface area contributed by atoms with Crippen LogP contribution in [-0.4, -0.2) is 12.2 Å². The molecule has 0 aliphatic carbocycles. The Hall–Kier alpha value is -0.0400. The highest BCUT2D eigenvalue weighted by atomic mass is 16.5. The van der Waals surface area contributed by atoms with E-state index in [0.29, 0.717) is 23.0 Å². The molecule has 0 bridgehead atoms. The molecule has 0 saturated heterocycles. The van der Waals surface area contributed by atoms with E-state index in [-0.39, 0.29) is 0 Å². The lowest BCUT2D eigenvalue weighted by atomic mass is 9.78. The predicted molar refractivity (Wildman–Crippen MR) is 86.6 cm³/mol. The van der Waals surface area contributed by atoms with Gasteiger partial charge in [-0.25, -0.2) is 0 Å². The van der Waals surface area contributed by atoms with Crippen LogP contribution in [0.5, 0.6) is 0 Å². The number of rotatable bonds is 10. The molecule has 2 atom stereocenters. The van der Waals surface area contributed by atoms with Gasteiger partial charge in [0.2, 0.25) is 0 Å². The van der Waals surface area contributed by atoms with Gasteiger partial charge in [-0.3, -0.25) is 0 Å². The molecule has 0 aliphatic heterocycles. The van der Waals surface area contributed by atoms with Crippen molar-refractivity contribution < 1.29 is 4.74 Å². The summed E-state index contributed by atoms with van der Waals surface area (Å²) in [6.45, 7) is 18.5. The molecule has 0 N–H and O–H groups in total. The van der Waals surface area contributed by atoms with Crippen LogP contribution in [0, 0.1) is 10.8 Å². The van der Waals surface area contributed by atoms with E-state index >= 15 is 0 Å². The third-order valence-electron chi connectivity index (χ3n) is 4.60. The van der Waals surface area contributed by atoms with Crippen LogP contribution < -0.4 is 0 Å². The summed E-state index contributed by atoms with van der Waals surface area (Å²) in [5, 5.41) is 0. The van der Waals surface area contributed by atoms with Gasteiger partial charge in [-0.1, -0.05) is 68.2 Å². The molecule has 0 rings (SSSR count). The minimum absolute atomic E-state index is 0.291. The Kier molecular flexibility index (Phi) is 8.27. The number of hydrogen-bond donors (Lipinski definition) is 0. The predicted octanol–water partition coefficient (Wildman–Crippen LogP) is 6.21. The third kappa shape index (κ3) is 5.85. The van der Waals surface area contributed by atoms with E-state index in [1.807, 2.05) is 0 Å². The molecule has 116 valence electrons. The monoisotopic (exact) mass is 270 g/mol. The molecule has 0 amide bonds. The summed E-state index contributed by atoms with van der Waals surface area (Å²) < 4.78 is 6.58. The van der Waals surface area contributed by atoms with Crippen molar-refractivity contribution in [2.24, 2.45) is 10.8 Å². The van der Waals surface area contributed by atoms with Crippen LogP contribution in [0.25, 0.3) is 0 Å². The van der Waals surface area contributed by atoms with Gasteiger partial charge in [-0.15, -0.1) is 0 Å². The van der Waals surface area contributed by atoms with Crippen LogP contribution >= 0.6 is 0 Å². The van der Waals surface area contributed by atoms with E-state index < -0.39 is 0 Å². The summed E-state index contributed by atoms with van der Waals surface area (Å²) in [7, 11) is 0. The average Bonchev–Trinajstić information content (AvgIpc) is 2.29. The van der Waals surface area contributed by atoms with Crippen LogP contribution in [-0.2, 0) is 4.74 Å². The highest BCUT2D eigenvalue weighted by molar-refractivity contribution is 4.84.